The highest BCUT2D eigenvalue weighted by Crippen LogP contribution is 2.18. The second-order valence-corrected chi connectivity index (χ2v) is 7.15. The van der Waals surface area contributed by atoms with E-state index in [0.29, 0.717) is 5.56 Å². The summed E-state index contributed by atoms with van der Waals surface area (Å²) in [5.41, 5.74) is 2.70. The molecule has 0 aliphatic rings. The lowest BCUT2D eigenvalue weighted by molar-refractivity contribution is 0.0924. The molecule has 0 aliphatic heterocycles. The molecule has 0 bridgehead atoms. The van der Waals surface area contributed by atoms with Crippen LogP contribution in [0.5, 0.6) is 0 Å². The molecule has 0 aliphatic carbocycles. The largest absolute Gasteiger partial charge is 0.344 e. The molecule has 1 heterocycles. The van der Waals surface area contributed by atoms with E-state index in [1.807, 2.05) is 48.5 Å². The SMILES string of the molecule is CCCN(CCC)CC(NC(=O)c1ccc2ncccc2c1)c1ccccc1. The number of nitrogens with one attached hydrogen (secondary N) is 1. The minimum atomic E-state index is -0.0486. The molecule has 28 heavy (non-hydrogen) atoms. The Bertz CT molecular complexity index is 889. The summed E-state index contributed by atoms with van der Waals surface area (Å²) in [5, 5.41) is 4.24. The van der Waals surface area contributed by atoms with Gasteiger partial charge in [-0.15, -0.1) is 0 Å². The van der Waals surface area contributed by atoms with Gasteiger partial charge in [-0.2, -0.15) is 0 Å². The highest BCUT2D eigenvalue weighted by molar-refractivity contribution is 5.98. The summed E-state index contributed by atoms with van der Waals surface area (Å²) in [7, 11) is 0. The van der Waals surface area contributed by atoms with Gasteiger partial charge in [0.15, 0.2) is 0 Å². The predicted molar refractivity (Wildman–Crippen MR) is 115 cm³/mol. The number of aromatic nitrogens is 1. The van der Waals surface area contributed by atoms with Crippen molar-refractivity contribution in [2.24, 2.45) is 0 Å². The number of amides is 1. The molecule has 2 aromatic carbocycles. The highest BCUT2D eigenvalue weighted by Gasteiger charge is 2.19. The van der Waals surface area contributed by atoms with Gasteiger partial charge in [0.05, 0.1) is 11.6 Å². The van der Waals surface area contributed by atoms with Crippen molar-refractivity contribution in [1.29, 1.82) is 0 Å². The van der Waals surface area contributed by atoms with Crippen molar-refractivity contribution in [2.45, 2.75) is 32.7 Å². The number of carbonyl (C=O) groups is 1. The van der Waals surface area contributed by atoms with E-state index in [4.69, 9.17) is 0 Å². The summed E-state index contributed by atoms with van der Waals surface area (Å²) < 4.78 is 0. The van der Waals surface area contributed by atoms with E-state index >= 15 is 0 Å². The van der Waals surface area contributed by atoms with Gasteiger partial charge in [-0.25, -0.2) is 0 Å². The molecule has 3 rings (SSSR count). The third-order valence-electron chi connectivity index (χ3n) is 4.89. The maximum Gasteiger partial charge on any atom is 0.251 e. The third-order valence-corrected chi connectivity index (χ3v) is 4.89. The Morgan fingerprint density at radius 1 is 1.00 bits per heavy atom. The summed E-state index contributed by atoms with van der Waals surface area (Å²) in [5.74, 6) is -0.0486. The molecule has 1 aromatic heterocycles. The molecule has 4 nitrogen and oxygen atoms in total. The number of pyridine rings is 1. The number of carbonyl (C=O) groups excluding carboxylic acids is 1. The van der Waals surface area contributed by atoms with E-state index in [0.717, 1.165) is 48.9 Å². The Morgan fingerprint density at radius 2 is 1.75 bits per heavy atom. The molecule has 1 atom stereocenters. The molecule has 0 saturated heterocycles. The normalized spacial score (nSPS) is 12.2. The average Bonchev–Trinajstić information content (AvgIpc) is 2.74. The molecule has 1 N–H and O–H groups in total. The number of nitrogens with zero attached hydrogens (tertiary/aromatic N) is 2. The standard InChI is InChI=1S/C24H29N3O/c1-3-15-27(16-4-2)18-23(19-9-6-5-7-10-19)26-24(28)21-12-13-22-20(17-21)11-8-14-25-22/h5-14,17,23H,3-4,15-16,18H2,1-2H3,(H,26,28). The third kappa shape index (κ3) is 5.17. The molecule has 0 fully saturated rings. The maximum atomic E-state index is 13.0. The Hall–Kier alpha value is -2.72. The fourth-order valence-electron chi connectivity index (χ4n) is 3.56. The van der Waals surface area contributed by atoms with Crippen molar-refractivity contribution in [3.63, 3.8) is 0 Å². The number of fused-ring (bicyclic) bond motifs is 1. The van der Waals surface area contributed by atoms with E-state index in [1.165, 1.54) is 0 Å². The Morgan fingerprint density at radius 3 is 2.46 bits per heavy atom. The number of rotatable bonds is 9. The summed E-state index contributed by atoms with van der Waals surface area (Å²) >= 11 is 0. The van der Waals surface area contributed by atoms with Gasteiger partial charge in [-0.1, -0.05) is 50.2 Å². The predicted octanol–water partition coefficient (Wildman–Crippen LogP) is 4.83. The lowest BCUT2D eigenvalue weighted by Gasteiger charge is -2.28. The van der Waals surface area contributed by atoms with Crippen molar-refractivity contribution in [3.8, 4) is 0 Å². The van der Waals surface area contributed by atoms with Gasteiger partial charge in [0.1, 0.15) is 0 Å². The van der Waals surface area contributed by atoms with E-state index in [2.05, 4.69) is 41.2 Å². The first-order valence-corrected chi connectivity index (χ1v) is 10.1. The topological polar surface area (TPSA) is 45.2 Å². The quantitative estimate of drug-likeness (QED) is 0.583. The van der Waals surface area contributed by atoms with Gasteiger partial charge in [0, 0.05) is 23.7 Å². The fraction of sp³-hybridized carbons (Fsp3) is 0.333. The Balaban J connectivity index is 1.81. The first kappa shape index (κ1) is 20.0. The summed E-state index contributed by atoms with van der Waals surface area (Å²) in [6.07, 6.45) is 3.98. The molecule has 146 valence electrons. The second kappa shape index (κ2) is 10.00. The van der Waals surface area contributed by atoms with Crippen molar-refractivity contribution in [3.05, 3.63) is 78.0 Å². The second-order valence-electron chi connectivity index (χ2n) is 7.15. The van der Waals surface area contributed by atoms with Crippen LogP contribution in [0.15, 0.2) is 66.9 Å². The maximum absolute atomic E-state index is 13.0. The highest BCUT2D eigenvalue weighted by atomic mass is 16.1. The van der Waals surface area contributed by atoms with Crippen LogP contribution in [0.2, 0.25) is 0 Å². The van der Waals surface area contributed by atoms with Crippen LogP contribution in [0.3, 0.4) is 0 Å². The molecule has 0 saturated carbocycles. The van der Waals surface area contributed by atoms with Crippen LogP contribution in [0, 0.1) is 0 Å². The molecule has 1 unspecified atom stereocenters. The van der Waals surface area contributed by atoms with Crippen molar-refractivity contribution in [2.75, 3.05) is 19.6 Å². The number of hydrogen-bond donors (Lipinski definition) is 1. The van der Waals surface area contributed by atoms with Crippen molar-refractivity contribution >= 4 is 16.8 Å². The summed E-state index contributed by atoms with van der Waals surface area (Å²) in [4.78, 5) is 19.8. The molecule has 1 amide bonds. The van der Waals surface area contributed by atoms with Crippen molar-refractivity contribution < 1.29 is 4.79 Å². The summed E-state index contributed by atoms with van der Waals surface area (Å²) in [6.45, 7) is 7.28. The fourth-order valence-corrected chi connectivity index (χ4v) is 3.56. The Kier molecular flexibility index (Phi) is 7.15. The van der Waals surface area contributed by atoms with Crippen LogP contribution in [0.25, 0.3) is 10.9 Å². The monoisotopic (exact) mass is 375 g/mol. The Labute approximate surface area is 167 Å². The van der Waals surface area contributed by atoms with Gasteiger partial charge in [0.25, 0.3) is 5.91 Å². The van der Waals surface area contributed by atoms with Crippen LogP contribution in [0.1, 0.15) is 48.7 Å². The van der Waals surface area contributed by atoms with Gasteiger partial charge in [0.2, 0.25) is 0 Å². The van der Waals surface area contributed by atoms with Crippen LogP contribution in [-0.4, -0.2) is 35.4 Å². The van der Waals surface area contributed by atoms with Gasteiger partial charge >= 0.3 is 0 Å². The average molecular weight is 376 g/mol. The zero-order valence-electron chi connectivity index (χ0n) is 16.8. The van der Waals surface area contributed by atoms with E-state index in [9.17, 15) is 4.79 Å². The van der Waals surface area contributed by atoms with Crippen LogP contribution in [0.4, 0.5) is 0 Å². The number of hydrogen-bond acceptors (Lipinski definition) is 3. The van der Waals surface area contributed by atoms with Crippen molar-refractivity contribution in [1.82, 2.24) is 15.2 Å². The van der Waals surface area contributed by atoms with Crippen LogP contribution < -0.4 is 5.32 Å². The van der Waals surface area contributed by atoms with E-state index in [-0.39, 0.29) is 11.9 Å². The minimum Gasteiger partial charge on any atom is -0.344 e. The first-order chi connectivity index (χ1) is 13.7. The zero-order valence-corrected chi connectivity index (χ0v) is 16.8. The molecule has 0 spiro atoms. The molecule has 0 radical (unpaired) electrons. The van der Waals surface area contributed by atoms with E-state index in [1.54, 1.807) is 6.20 Å². The first-order valence-electron chi connectivity index (χ1n) is 10.1. The van der Waals surface area contributed by atoms with E-state index < -0.39 is 0 Å². The lowest BCUT2D eigenvalue weighted by atomic mass is 10.0. The van der Waals surface area contributed by atoms with Gasteiger partial charge in [-0.05, 0) is 55.8 Å². The van der Waals surface area contributed by atoms with Crippen LogP contribution in [-0.2, 0) is 0 Å². The molecular formula is C24H29N3O. The molecule has 3 aromatic rings. The lowest BCUT2D eigenvalue weighted by Crippen LogP contribution is -2.38. The molecular weight excluding hydrogens is 346 g/mol. The summed E-state index contributed by atoms with van der Waals surface area (Å²) in [6, 6.07) is 19.7. The smallest absolute Gasteiger partial charge is 0.251 e. The minimum absolute atomic E-state index is 0.0450. The zero-order chi connectivity index (χ0) is 19.8. The van der Waals surface area contributed by atoms with Gasteiger partial charge in [-0.3, -0.25) is 9.78 Å². The van der Waals surface area contributed by atoms with Crippen LogP contribution >= 0.6 is 0 Å². The number of benzene rings is 2. The van der Waals surface area contributed by atoms with Gasteiger partial charge < -0.3 is 10.2 Å². The molecule has 4 heteroatoms.